The number of hydrogen-bond acceptors (Lipinski definition) is 5. The van der Waals surface area contributed by atoms with Crippen molar-refractivity contribution in [1.82, 2.24) is 0 Å². The largest absolute Gasteiger partial charge is 0.381 e. The van der Waals surface area contributed by atoms with Gasteiger partial charge in [-0.25, -0.2) is 0 Å². The van der Waals surface area contributed by atoms with E-state index in [-0.39, 0.29) is 5.78 Å². The number of oxime groups is 2. The second-order valence-electron chi connectivity index (χ2n) is 12.6. The normalized spacial score (nSPS) is 27.7. The lowest BCUT2D eigenvalue weighted by Crippen LogP contribution is -2.62. The standard InChI is InChI=1S/C41H34N2O3/c1-4-38-35(30-24-20-28(2)21-25-30)42-46-41(38,34-18-12-7-13-19-34)39(32-14-8-5-9-15-32)36(31-26-22-29(3)23-27-31)43-45-40(39,37(38)44)33-16-10-6-11-17-33/h5-27H,4H2,1-3H3. The molecule has 1 saturated carbocycles. The van der Waals surface area contributed by atoms with E-state index in [1.807, 2.05) is 78.9 Å². The minimum atomic E-state index is -1.59. The Balaban J connectivity index is 1.59. The SMILES string of the molecule is CCC12C(=O)C3(c4ccccc4)ON=C(c4ccc(C)cc4)C3(c3ccccc3)C1(c1ccccc1)ON=C2c1ccc(C)cc1. The summed E-state index contributed by atoms with van der Waals surface area (Å²) in [4.78, 5) is 30.2. The van der Waals surface area contributed by atoms with Crippen LogP contribution in [0, 0.1) is 19.3 Å². The summed E-state index contributed by atoms with van der Waals surface area (Å²) in [7, 11) is 0. The number of benzene rings is 5. The Kier molecular flexibility index (Phi) is 6.20. The fraction of sp³-hybridized carbons (Fsp3) is 0.195. The van der Waals surface area contributed by atoms with E-state index in [1.54, 1.807) is 0 Å². The quantitative estimate of drug-likeness (QED) is 0.197. The van der Waals surface area contributed by atoms with Crippen LogP contribution in [0.15, 0.2) is 150 Å². The lowest BCUT2D eigenvalue weighted by Gasteiger charge is -2.48. The number of aryl methyl sites for hydroxylation is 2. The Hall–Kier alpha value is -5.29. The van der Waals surface area contributed by atoms with Crippen molar-refractivity contribution in [2.45, 2.75) is 43.8 Å². The van der Waals surface area contributed by atoms with Crippen molar-refractivity contribution in [3.05, 3.63) is 178 Å². The summed E-state index contributed by atoms with van der Waals surface area (Å²) in [5, 5.41) is 9.88. The summed E-state index contributed by atoms with van der Waals surface area (Å²) in [6.45, 7) is 6.18. The number of carbonyl (C=O) groups excluding carboxylic acids is 1. The zero-order chi connectivity index (χ0) is 31.6. The van der Waals surface area contributed by atoms with Crippen LogP contribution < -0.4 is 0 Å². The van der Waals surface area contributed by atoms with Gasteiger partial charge in [0.25, 0.3) is 0 Å². The van der Waals surface area contributed by atoms with Gasteiger partial charge in [-0.05, 0) is 25.8 Å². The van der Waals surface area contributed by atoms with Gasteiger partial charge in [0.2, 0.25) is 17.0 Å². The molecule has 8 rings (SSSR count). The smallest absolute Gasteiger partial charge is 0.240 e. The Morgan fingerprint density at radius 3 is 1.52 bits per heavy atom. The topological polar surface area (TPSA) is 60.2 Å². The molecule has 5 aromatic rings. The molecule has 0 spiro atoms. The molecule has 46 heavy (non-hydrogen) atoms. The molecule has 4 atom stereocenters. The molecule has 0 saturated heterocycles. The van der Waals surface area contributed by atoms with Crippen LogP contribution in [0.4, 0.5) is 0 Å². The monoisotopic (exact) mass is 602 g/mol. The first kappa shape index (κ1) is 28.2. The summed E-state index contributed by atoms with van der Waals surface area (Å²) in [5.41, 5.74) is 2.07. The van der Waals surface area contributed by atoms with Crippen LogP contribution in [0.3, 0.4) is 0 Å². The number of ketones is 1. The molecule has 226 valence electrons. The predicted octanol–water partition coefficient (Wildman–Crippen LogP) is 8.18. The van der Waals surface area contributed by atoms with Crippen molar-refractivity contribution in [2.75, 3.05) is 0 Å². The fourth-order valence-corrected chi connectivity index (χ4v) is 8.50. The summed E-state index contributed by atoms with van der Waals surface area (Å²) in [6.07, 6.45) is 0.418. The third-order valence-corrected chi connectivity index (χ3v) is 10.4. The Morgan fingerprint density at radius 2 is 1.00 bits per heavy atom. The van der Waals surface area contributed by atoms with E-state index >= 15 is 4.79 Å². The molecule has 0 bridgehead atoms. The van der Waals surface area contributed by atoms with Crippen LogP contribution in [-0.4, -0.2) is 17.2 Å². The van der Waals surface area contributed by atoms with Crippen LogP contribution in [0.2, 0.25) is 0 Å². The maximum atomic E-state index is 16.2. The van der Waals surface area contributed by atoms with Gasteiger partial charge in [0.05, 0.1) is 0 Å². The van der Waals surface area contributed by atoms with E-state index in [2.05, 4.69) is 81.4 Å². The van der Waals surface area contributed by atoms with Gasteiger partial charge in [-0.1, -0.05) is 168 Å². The summed E-state index contributed by atoms with van der Waals surface area (Å²) < 4.78 is 0. The Morgan fingerprint density at radius 1 is 0.543 bits per heavy atom. The maximum absolute atomic E-state index is 16.2. The predicted molar refractivity (Wildman–Crippen MR) is 180 cm³/mol. The van der Waals surface area contributed by atoms with Gasteiger partial charge in [0, 0.05) is 22.3 Å². The highest BCUT2D eigenvalue weighted by molar-refractivity contribution is 6.29. The number of Topliss-reactive ketones (excluding diaryl/α,β-unsaturated/α-hetero) is 1. The fourth-order valence-electron chi connectivity index (χ4n) is 8.50. The van der Waals surface area contributed by atoms with Crippen molar-refractivity contribution < 1.29 is 14.5 Å². The molecule has 0 radical (unpaired) electrons. The van der Waals surface area contributed by atoms with E-state index in [9.17, 15) is 0 Å². The number of nitrogens with zero attached hydrogens (tertiary/aromatic N) is 2. The molecular weight excluding hydrogens is 568 g/mol. The van der Waals surface area contributed by atoms with E-state index in [1.165, 1.54) is 0 Å². The van der Waals surface area contributed by atoms with Crippen LogP contribution in [-0.2, 0) is 31.1 Å². The zero-order valence-corrected chi connectivity index (χ0v) is 26.1. The molecule has 2 aliphatic heterocycles. The molecule has 0 amide bonds. The molecule has 5 aromatic carbocycles. The van der Waals surface area contributed by atoms with Gasteiger partial charge < -0.3 is 9.68 Å². The van der Waals surface area contributed by atoms with E-state index < -0.39 is 22.0 Å². The minimum absolute atomic E-state index is 0.121. The highest BCUT2D eigenvalue weighted by atomic mass is 16.7. The molecule has 3 aliphatic rings. The molecule has 2 heterocycles. The molecule has 4 unspecified atom stereocenters. The highest BCUT2D eigenvalue weighted by Crippen LogP contribution is 2.76. The van der Waals surface area contributed by atoms with E-state index in [0.29, 0.717) is 17.8 Å². The minimum Gasteiger partial charge on any atom is -0.381 e. The van der Waals surface area contributed by atoms with Crippen LogP contribution in [0.1, 0.15) is 52.3 Å². The maximum Gasteiger partial charge on any atom is 0.240 e. The van der Waals surface area contributed by atoms with Crippen LogP contribution >= 0.6 is 0 Å². The van der Waals surface area contributed by atoms with Gasteiger partial charge in [-0.2, -0.15) is 0 Å². The first-order valence-corrected chi connectivity index (χ1v) is 15.9. The number of fused-ring (bicyclic) bond motifs is 3. The first-order chi connectivity index (χ1) is 22.5. The van der Waals surface area contributed by atoms with E-state index in [0.717, 1.165) is 38.9 Å². The van der Waals surface area contributed by atoms with Gasteiger partial charge >= 0.3 is 0 Å². The highest BCUT2D eigenvalue weighted by Gasteiger charge is 2.93. The summed E-state index contributed by atoms with van der Waals surface area (Å²) >= 11 is 0. The van der Waals surface area contributed by atoms with Crippen LogP contribution in [0.25, 0.3) is 0 Å². The third kappa shape index (κ3) is 3.22. The van der Waals surface area contributed by atoms with Gasteiger partial charge in [-0.15, -0.1) is 0 Å². The third-order valence-electron chi connectivity index (χ3n) is 10.4. The Bertz CT molecular complexity index is 2010. The molecule has 1 fully saturated rings. The lowest BCUT2D eigenvalue weighted by atomic mass is 9.52. The number of hydrogen-bond donors (Lipinski definition) is 0. The molecule has 0 aromatic heterocycles. The first-order valence-electron chi connectivity index (χ1n) is 15.9. The van der Waals surface area contributed by atoms with Gasteiger partial charge in [-0.3, -0.25) is 4.79 Å². The van der Waals surface area contributed by atoms with Crippen molar-refractivity contribution in [3.8, 4) is 0 Å². The van der Waals surface area contributed by atoms with Crippen molar-refractivity contribution >= 4 is 17.2 Å². The van der Waals surface area contributed by atoms with E-state index in [4.69, 9.17) is 20.0 Å². The van der Waals surface area contributed by atoms with Gasteiger partial charge in [0.1, 0.15) is 22.3 Å². The molecule has 1 aliphatic carbocycles. The number of rotatable bonds is 6. The molecule has 0 N–H and O–H groups in total. The molecule has 5 nitrogen and oxygen atoms in total. The second kappa shape index (κ2) is 10.1. The lowest BCUT2D eigenvalue weighted by molar-refractivity contribution is -0.147. The summed E-state index contributed by atoms with van der Waals surface area (Å²) in [5.74, 6) is -0.121. The van der Waals surface area contributed by atoms with Crippen molar-refractivity contribution in [1.29, 1.82) is 0 Å². The average Bonchev–Trinajstić information content (AvgIpc) is 3.70. The number of carbonyl (C=O) groups is 1. The van der Waals surface area contributed by atoms with Crippen LogP contribution in [0.5, 0.6) is 0 Å². The van der Waals surface area contributed by atoms with Crippen molar-refractivity contribution in [2.24, 2.45) is 15.7 Å². The second-order valence-corrected chi connectivity index (χ2v) is 12.6. The van der Waals surface area contributed by atoms with Gasteiger partial charge in [0.15, 0.2) is 0 Å². The zero-order valence-electron chi connectivity index (χ0n) is 26.1. The Labute approximate surface area is 269 Å². The molecular formula is C41H34N2O3. The van der Waals surface area contributed by atoms with Crippen molar-refractivity contribution in [3.63, 3.8) is 0 Å². The molecule has 5 heteroatoms. The average molecular weight is 603 g/mol. The summed E-state index contributed by atoms with van der Waals surface area (Å²) in [6, 6.07) is 46.6.